The van der Waals surface area contributed by atoms with Gasteiger partial charge in [0.1, 0.15) is 5.58 Å². The van der Waals surface area contributed by atoms with Gasteiger partial charge in [-0.1, -0.05) is 6.07 Å². The van der Waals surface area contributed by atoms with Crippen molar-refractivity contribution >= 4 is 22.9 Å². The van der Waals surface area contributed by atoms with Crippen LogP contribution in [0.2, 0.25) is 0 Å². The average Bonchev–Trinajstić information content (AvgIpc) is 2.45. The van der Waals surface area contributed by atoms with Gasteiger partial charge >= 0.3 is 5.63 Å². The van der Waals surface area contributed by atoms with Gasteiger partial charge < -0.3 is 4.42 Å². The van der Waals surface area contributed by atoms with Crippen LogP contribution in [0.1, 0.15) is 11.1 Å². The molecular formula is C16H12N2O2. The van der Waals surface area contributed by atoms with Crippen LogP contribution in [0.15, 0.2) is 63.0 Å². The van der Waals surface area contributed by atoms with Crippen molar-refractivity contribution in [2.75, 3.05) is 0 Å². The summed E-state index contributed by atoms with van der Waals surface area (Å²) in [5.74, 6) is 0. The standard InChI is InChI=1S/C16H12N2O2/c1-11-7-16(19)20-15-8-13(4-5-14(11)15)18-10-12-3-2-6-17-9-12/h2-10H,1H3. The number of fused-ring (bicyclic) bond motifs is 1. The Morgan fingerprint density at radius 2 is 2.15 bits per heavy atom. The highest BCUT2D eigenvalue weighted by atomic mass is 16.4. The maximum Gasteiger partial charge on any atom is 0.336 e. The first kappa shape index (κ1) is 12.3. The summed E-state index contributed by atoms with van der Waals surface area (Å²) in [6, 6.07) is 10.8. The molecule has 0 N–H and O–H groups in total. The van der Waals surface area contributed by atoms with E-state index >= 15 is 0 Å². The molecule has 0 atom stereocenters. The summed E-state index contributed by atoms with van der Waals surface area (Å²) in [5, 5.41) is 0.921. The molecule has 0 unspecified atom stereocenters. The number of aromatic nitrogens is 1. The Morgan fingerprint density at radius 3 is 2.95 bits per heavy atom. The van der Waals surface area contributed by atoms with Crippen molar-refractivity contribution in [2.45, 2.75) is 6.92 Å². The highest BCUT2D eigenvalue weighted by Crippen LogP contribution is 2.22. The minimum atomic E-state index is -0.344. The number of hydrogen-bond acceptors (Lipinski definition) is 4. The van der Waals surface area contributed by atoms with Crippen LogP contribution in [0.25, 0.3) is 11.0 Å². The van der Waals surface area contributed by atoms with E-state index in [2.05, 4.69) is 9.98 Å². The third-order valence-corrected chi connectivity index (χ3v) is 2.98. The van der Waals surface area contributed by atoms with Gasteiger partial charge in [0.15, 0.2) is 0 Å². The topological polar surface area (TPSA) is 55.5 Å². The van der Waals surface area contributed by atoms with E-state index in [1.165, 1.54) is 6.07 Å². The van der Waals surface area contributed by atoms with E-state index in [1.807, 2.05) is 31.2 Å². The van der Waals surface area contributed by atoms with Gasteiger partial charge in [0.25, 0.3) is 0 Å². The molecule has 0 amide bonds. The molecule has 20 heavy (non-hydrogen) atoms. The Morgan fingerprint density at radius 1 is 1.25 bits per heavy atom. The van der Waals surface area contributed by atoms with Crippen LogP contribution >= 0.6 is 0 Å². The van der Waals surface area contributed by atoms with Crippen molar-refractivity contribution in [3.05, 3.63) is 70.3 Å². The number of pyridine rings is 1. The van der Waals surface area contributed by atoms with E-state index in [0.717, 1.165) is 22.2 Å². The van der Waals surface area contributed by atoms with Crippen molar-refractivity contribution in [1.29, 1.82) is 0 Å². The van der Waals surface area contributed by atoms with Crippen molar-refractivity contribution in [2.24, 2.45) is 4.99 Å². The molecule has 4 heteroatoms. The fourth-order valence-corrected chi connectivity index (χ4v) is 2.00. The third-order valence-electron chi connectivity index (χ3n) is 2.98. The van der Waals surface area contributed by atoms with Crippen LogP contribution in [-0.2, 0) is 0 Å². The highest BCUT2D eigenvalue weighted by molar-refractivity contribution is 5.85. The first-order chi connectivity index (χ1) is 9.72. The molecule has 0 radical (unpaired) electrons. The Labute approximate surface area is 115 Å². The molecule has 3 aromatic rings. The number of nitrogens with zero attached hydrogens (tertiary/aromatic N) is 2. The van der Waals surface area contributed by atoms with Crippen LogP contribution in [-0.4, -0.2) is 11.2 Å². The third kappa shape index (κ3) is 2.49. The van der Waals surface area contributed by atoms with Gasteiger partial charge in [-0.3, -0.25) is 9.98 Å². The summed E-state index contributed by atoms with van der Waals surface area (Å²) in [7, 11) is 0. The lowest BCUT2D eigenvalue weighted by molar-refractivity contribution is 0.560. The van der Waals surface area contributed by atoms with E-state index < -0.39 is 0 Å². The zero-order valence-electron chi connectivity index (χ0n) is 10.9. The normalized spacial score (nSPS) is 11.2. The average molecular weight is 264 g/mol. The molecule has 0 aliphatic carbocycles. The Bertz CT molecular complexity index is 836. The lowest BCUT2D eigenvalue weighted by atomic mass is 10.1. The largest absolute Gasteiger partial charge is 0.423 e. The predicted octanol–water partition coefficient (Wildman–Crippen LogP) is 3.25. The van der Waals surface area contributed by atoms with Gasteiger partial charge in [-0.15, -0.1) is 0 Å². The van der Waals surface area contributed by atoms with E-state index in [1.54, 1.807) is 24.7 Å². The van der Waals surface area contributed by atoms with Gasteiger partial charge in [0.2, 0.25) is 0 Å². The molecule has 0 aliphatic heterocycles. The zero-order chi connectivity index (χ0) is 13.9. The maximum absolute atomic E-state index is 11.4. The molecule has 0 bridgehead atoms. The van der Waals surface area contributed by atoms with Gasteiger partial charge in [-0.2, -0.15) is 0 Å². The number of aliphatic imine (C=N–C) groups is 1. The first-order valence-electron chi connectivity index (χ1n) is 6.21. The molecule has 0 saturated carbocycles. The van der Waals surface area contributed by atoms with E-state index in [0.29, 0.717) is 5.58 Å². The number of hydrogen-bond donors (Lipinski definition) is 0. The molecule has 0 saturated heterocycles. The smallest absolute Gasteiger partial charge is 0.336 e. The number of rotatable bonds is 2. The van der Waals surface area contributed by atoms with Crippen molar-refractivity contribution in [1.82, 2.24) is 4.98 Å². The van der Waals surface area contributed by atoms with E-state index in [4.69, 9.17) is 4.42 Å². The molecule has 4 nitrogen and oxygen atoms in total. The Kier molecular flexibility index (Phi) is 3.13. The fourth-order valence-electron chi connectivity index (χ4n) is 2.00. The summed E-state index contributed by atoms with van der Waals surface area (Å²) < 4.78 is 5.19. The van der Waals surface area contributed by atoms with Crippen molar-refractivity contribution in [3.63, 3.8) is 0 Å². The zero-order valence-corrected chi connectivity index (χ0v) is 10.9. The van der Waals surface area contributed by atoms with E-state index in [9.17, 15) is 4.79 Å². The van der Waals surface area contributed by atoms with Crippen molar-refractivity contribution in [3.8, 4) is 0 Å². The molecule has 1 aromatic carbocycles. The lowest BCUT2D eigenvalue weighted by Crippen LogP contribution is -1.97. The second-order valence-corrected chi connectivity index (χ2v) is 4.47. The minimum absolute atomic E-state index is 0.344. The van der Waals surface area contributed by atoms with Crippen LogP contribution in [0.3, 0.4) is 0 Å². The highest BCUT2D eigenvalue weighted by Gasteiger charge is 2.02. The quantitative estimate of drug-likeness (QED) is 0.527. The Balaban J connectivity index is 2.01. The SMILES string of the molecule is Cc1cc(=O)oc2cc(N=Cc3cccnc3)ccc12. The van der Waals surface area contributed by atoms with Gasteiger partial charge in [0, 0.05) is 41.7 Å². The van der Waals surface area contributed by atoms with E-state index in [-0.39, 0.29) is 5.63 Å². The first-order valence-corrected chi connectivity index (χ1v) is 6.21. The maximum atomic E-state index is 11.4. The lowest BCUT2D eigenvalue weighted by Gasteiger charge is -2.01. The summed E-state index contributed by atoms with van der Waals surface area (Å²) in [6.07, 6.45) is 5.17. The molecule has 2 heterocycles. The van der Waals surface area contributed by atoms with Crippen LogP contribution in [0, 0.1) is 6.92 Å². The Hall–Kier alpha value is -2.75. The van der Waals surface area contributed by atoms with Crippen LogP contribution in [0.5, 0.6) is 0 Å². The summed E-state index contributed by atoms with van der Waals surface area (Å²) in [5.41, 5.74) is 2.76. The van der Waals surface area contributed by atoms with Gasteiger partial charge in [-0.05, 0) is 30.7 Å². The summed E-state index contributed by atoms with van der Waals surface area (Å²) in [6.45, 7) is 1.89. The predicted molar refractivity (Wildman–Crippen MR) is 78.7 cm³/mol. The van der Waals surface area contributed by atoms with Crippen LogP contribution < -0.4 is 5.63 Å². The summed E-state index contributed by atoms with van der Waals surface area (Å²) in [4.78, 5) is 19.8. The minimum Gasteiger partial charge on any atom is -0.423 e. The molecule has 0 fully saturated rings. The molecule has 2 aromatic heterocycles. The summed E-state index contributed by atoms with van der Waals surface area (Å²) >= 11 is 0. The van der Waals surface area contributed by atoms with Crippen molar-refractivity contribution < 1.29 is 4.42 Å². The fraction of sp³-hybridized carbons (Fsp3) is 0.0625. The second-order valence-electron chi connectivity index (χ2n) is 4.47. The van der Waals surface area contributed by atoms with Gasteiger partial charge in [-0.25, -0.2) is 4.79 Å². The van der Waals surface area contributed by atoms with Gasteiger partial charge in [0.05, 0.1) is 5.69 Å². The number of benzene rings is 1. The molecule has 0 spiro atoms. The molecule has 3 rings (SSSR count). The molecular weight excluding hydrogens is 252 g/mol. The molecule has 98 valence electrons. The second kappa shape index (κ2) is 5.09. The van der Waals surface area contributed by atoms with Crippen LogP contribution in [0.4, 0.5) is 5.69 Å². The monoisotopic (exact) mass is 264 g/mol. The number of aryl methyl sites for hydroxylation is 1. The molecule has 0 aliphatic rings.